The number of ether oxygens (including phenoxy) is 2. The van der Waals surface area contributed by atoms with Crippen molar-refractivity contribution in [3.8, 4) is 11.5 Å². The van der Waals surface area contributed by atoms with E-state index in [0.717, 1.165) is 49.8 Å². The number of para-hydroxylation sites is 1. The molecule has 1 atom stereocenters. The van der Waals surface area contributed by atoms with Gasteiger partial charge in [-0.2, -0.15) is 4.31 Å². The van der Waals surface area contributed by atoms with E-state index in [1.165, 1.54) is 30.7 Å². The highest BCUT2D eigenvalue weighted by Crippen LogP contribution is 2.35. The molecule has 178 valence electrons. The van der Waals surface area contributed by atoms with Crippen LogP contribution in [0.5, 0.6) is 11.5 Å². The summed E-state index contributed by atoms with van der Waals surface area (Å²) in [5, 5.41) is 0. The Balaban J connectivity index is 1.68. The maximum absolute atomic E-state index is 13.8. The first-order valence-corrected chi connectivity index (χ1v) is 12.9. The van der Waals surface area contributed by atoms with E-state index in [1.54, 1.807) is 11.0 Å². The first-order chi connectivity index (χ1) is 15.9. The highest BCUT2D eigenvalue weighted by atomic mass is 32.2. The molecule has 2 aliphatic rings. The van der Waals surface area contributed by atoms with Crippen LogP contribution in [0.15, 0.2) is 47.4 Å². The van der Waals surface area contributed by atoms with Crippen LogP contribution in [0.4, 0.5) is 5.69 Å². The summed E-state index contributed by atoms with van der Waals surface area (Å²) in [6.07, 6.45) is 5.29. The Morgan fingerprint density at radius 1 is 1.03 bits per heavy atom. The lowest BCUT2D eigenvalue weighted by Gasteiger charge is -2.34. The van der Waals surface area contributed by atoms with E-state index in [2.05, 4.69) is 0 Å². The number of hydrogen-bond donors (Lipinski definition) is 0. The Bertz CT molecular complexity index is 1110. The van der Waals surface area contributed by atoms with Gasteiger partial charge in [0.2, 0.25) is 15.9 Å². The second kappa shape index (κ2) is 9.73. The molecule has 0 radical (unpaired) electrons. The monoisotopic (exact) mass is 472 g/mol. The molecule has 0 spiro atoms. The molecule has 0 aromatic heterocycles. The summed E-state index contributed by atoms with van der Waals surface area (Å²) in [6.45, 7) is 1.83. The molecule has 1 amide bonds. The van der Waals surface area contributed by atoms with E-state index in [0.29, 0.717) is 11.5 Å². The van der Waals surface area contributed by atoms with Gasteiger partial charge < -0.3 is 14.4 Å². The van der Waals surface area contributed by atoms with Gasteiger partial charge in [-0.3, -0.25) is 4.79 Å². The van der Waals surface area contributed by atoms with Gasteiger partial charge in [-0.15, -0.1) is 0 Å². The number of fused-ring (bicyclic) bond motifs is 1. The largest absolute Gasteiger partial charge is 0.493 e. The molecule has 33 heavy (non-hydrogen) atoms. The standard InChI is InChI=1S/C25H32N2O5S/c1-18-15-19-9-7-8-12-22(19)27(18)25(28)17-26(20-10-5-4-6-11-20)33(29,30)21-13-14-23(31-2)24(16-21)32-3/h7-9,12-14,16,18,20H,4-6,10-11,15,17H2,1-3H3/t18-/m0/s1. The molecule has 1 aliphatic heterocycles. The SMILES string of the molecule is COc1ccc(S(=O)(=O)N(CC(=O)N2c3ccccc3C[C@@H]2C)C2CCCCC2)cc1OC. The van der Waals surface area contributed by atoms with Crippen molar-refractivity contribution in [2.24, 2.45) is 0 Å². The van der Waals surface area contributed by atoms with Crippen LogP contribution in [0.25, 0.3) is 0 Å². The van der Waals surface area contributed by atoms with Crippen LogP contribution in [0.1, 0.15) is 44.6 Å². The second-order valence-electron chi connectivity index (χ2n) is 8.80. The van der Waals surface area contributed by atoms with E-state index in [1.807, 2.05) is 31.2 Å². The summed E-state index contributed by atoms with van der Waals surface area (Å²) in [5.41, 5.74) is 1.99. The molecule has 2 aromatic carbocycles. The molecule has 1 saturated carbocycles. The molecular formula is C25H32N2O5S. The third-order valence-corrected chi connectivity index (χ3v) is 8.60. The fraction of sp³-hybridized carbons (Fsp3) is 0.480. The third kappa shape index (κ3) is 4.59. The summed E-state index contributed by atoms with van der Waals surface area (Å²) in [4.78, 5) is 15.4. The van der Waals surface area contributed by atoms with Crippen LogP contribution in [-0.2, 0) is 21.2 Å². The van der Waals surface area contributed by atoms with E-state index in [-0.39, 0.29) is 29.4 Å². The molecule has 0 saturated heterocycles. The molecule has 1 fully saturated rings. The zero-order chi connectivity index (χ0) is 23.6. The average molecular weight is 473 g/mol. The molecule has 0 N–H and O–H groups in total. The maximum Gasteiger partial charge on any atom is 0.243 e. The highest BCUT2D eigenvalue weighted by Gasteiger charge is 2.38. The van der Waals surface area contributed by atoms with E-state index >= 15 is 0 Å². The van der Waals surface area contributed by atoms with Crippen LogP contribution >= 0.6 is 0 Å². The number of nitrogens with zero attached hydrogens (tertiary/aromatic N) is 2. The predicted octanol–water partition coefficient (Wildman–Crippen LogP) is 4.01. The molecule has 2 aromatic rings. The van der Waals surface area contributed by atoms with Crippen molar-refractivity contribution in [2.45, 2.75) is 62.4 Å². The van der Waals surface area contributed by atoms with Crippen molar-refractivity contribution in [1.82, 2.24) is 4.31 Å². The Hall–Kier alpha value is -2.58. The quantitative estimate of drug-likeness (QED) is 0.609. The zero-order valence-electron chi connectivity index (χ0n) is 19.5. The summed E-state index contributed by atoms with van der Waals surface area (Å²) < 4.78 is 39.7. The molecule has 4 rings (SSSR count). The van der Waals surface area contributed by atoms with Crippen molar-refractivity contribution >= 4 is 21.6 Å². The van der Waals surface area contributed by atoms with Crippen LogP contribution in [-0.4, -0.2) is 51.5 Å². The number of carbonyl (C=O) groups is 1. The van der Waals surface area contributed by atoms with E-state index in [4.69, 9.17) is 9.47 Å². The Kier molecular flexibility index (Phi) is 6.95. The minimum absolute atomic E-state index is 0.00751. The van der Waals surface area contributed by atoms with Gasteiger partial charge >= 0.3 is 0 Å². The third-order valence-electron chi connectivity index (χ3n) is 6.71. The normalized spacial score (nSPS) is 18.9. The van der Waals surface area contributed by atoms with Crippen molar-refractivity contribution in [3.05, 3.63) is 48.0 Å². The van der Waals surface area contributed by atoms with Crippen molar-refractivity contribution in [3.63, 3.8) is 0 Å². The van der Waals surface area contributed by atoms with Crippen molar-refractivity contribution in [1.29, 1.82) is 0 Å². The smallest absolute Gasteiger partial charge is 0.243 e. The number of hydrogen-bond acceptors (Lipinski definition) is 5. The van der Waals surface area contributed by atoms with Gasteiger partial charge in [-0.05, 0) is 49.9 Å². The first kappa shape index (κ1) is 23.6. The molecular weight excluding hydrogens is 440 g/mol. The van der Waals surface area contributed by atoms with Gasteiger partial charge in [-0.1, -0.05) is 37.5 Å². The average Bonchev–Trinajstić information content (AvgIpc) is 3.18. The second-order valence-corrected chi connectivity index (χ2v) is 10.7. The summed E-state index contributed by atoms with van der Waals surface area (Å²) >= 11 is 0. The highest BCUT2D eigenvalue weighted by molar-refractivity contribution is 7.89. The minimum atomic E-state index is -3.93. The minimum Gasteiger partial charge on any atom is -0.493 e. The van der Waals surface area contributed by atoms with Gasteiger partial charge in [-0.25, -0.2) is 8.42 Å². The van der Waals surface area contributed by atoms with E-state index in [9.17, 15) is 13.2 Å². The van der Waals surface area contributed by atoms with E-state index < -0.39 is 10.0 Å². The van der Waals surface area contributed by atoms with Gasteiger partial charge in [0.15, 0.2) is 11.5 Å². The summed E-state index contributed by atoms with van der Waals surface area (Å²) in [5.74, 6) is 0.608. The van der Waals surface area contributed by atoms with Crippen LogP contribution in [0.2, 0.25) is 0 Å². The number of rotatable bonds is 7. The number of sulfonamides is 1. The Morgan fingerprint density at radius 2 is 1.73 bits per heavy atom. The van der Waals surface area contributed by atoms with Crippen molar-refractivity contribution < 1.29 is 22.7 Å². The molecule has 1 heterocycles. The number of benzene rings is 2. The number of anilines is 1. The molecule has 0 bridgehead atoms. The molecule has 8 heteroatoms. The van der Waals surface area contributed by atoms with Crippen LogP contribution < -0.4 is 14.4 Å². The Labute approximate surface area is 196 Å². The van der Waals surface area contributed by atoms with Gasteiger partial charge in [0.05, 0.1) is 25.7 Å². The maximum atomic E-state index is 13.8. The van der Waals surface area contributed by atoms with Gasteiger partial charge in [0, 0.05) is 23.8 Å². The summed E-state index contributed by atoms with van der Waals surface area (Å²) in [7, 11) is -0.944. The summed E-state index contributed by atoms with van der Waals surface area (Å²) in [6, 6.07) is 12.2. The van der Waals surface area contributed by atoms with Gasteiger partial charge in [0.1, 0.15) is 0 Å². The molecule has 0 unspecified atom stereocenters. The lowest BCUT2D eigenvalue weighted by molar-refractivity contribution is -0.119. The lowest BCUT2D eigenvalue weighted by Crippen LogP contribution is -2.49. The van der Waals surface area contributed by atoms with Gasteiger partial charge in [0.25, 0.3) is 0 Å². The fourth-order valence-corrected chi connectivity index (χ4v) is 6.70. The zero-order valence-corrected chi connectivity index (χ0v) is 20.3. The topological polar surface area (TPSA) is 76.2 Å². The fourth-order valence-electron chi connectivity index (χ4n) is 5.05. The van der Waals surface area contributed by atoms with Crippen LogP contribution in [0, 0.1) is 0 Å². The molecule has 7 nitrogen and oxygen atoms in total. The molecule has 1 aliphatic carbocycles. The predicted molar refractivity (Wildman–Crippen MR) is 127 cm³/mol. The number of carbonyl (C=O) groups excluding carboxylic acids is 1. The number of amides is 1. The first-order valence-electron chi connectivity index (χ1n) is 11.5. The number of methoxy groups -OCH3 is 2. The van der Waals surface area contributed by atoms with Crippen LogP contribution in [0.3, 0.4) is 0 Å². The Morgan fingerprint density at radius 3 is 2.42 bits per heavy atom. The van der Waals surface area contributed by atoms with Crippen molar-refractivity contribution in [2.75, 3.05) is 25.7 Å². The lowest BCUT2D eigenvalue weighted by atomic mass is 9.95.